The normalized spacial score (nSPS) is 23.5. The van der Waals surface area contributed by atoms with E-state index in [0.717, 1.165) is 44.9 Å². The summed E-state index contributed by atoms with van der Waals surface area (Å²) in [7, 11) is 3.59. The first kappa shape index (κ1) is 19.0. The van der Waals surface area contributed by atoms with Gasteiger partial charge in [-0.05, 0) is 62.8 Å². The summed E-state index contributed by atoms with van der Waals surface area (Å²) in [4.78, 5) is 18.4. The van der Waals surface area contributed by atoms with Crippen LogP contribution in [-0.2, 0) is 0 Å². The van der Waals surface area contributed by atoms with E-state index in [1.807, 2.05) is 0 Å². The third-order valence-corrected chi connectivity index (χ3v) is 6.11. The molecule has 0 spiro atoms. The molecule has 1 aliphatic carbocycles. The second-order valence-corrected chi connectivity index (χ2v) is 8.21. The number of carbonyl (C=O) groups excluding carboxylic acids is 1. The van der Waals surface area contributed by atoms with Crippen LogP contribution in [0.3, 0.4) is 0 Å². The predicted molar refractivity (Wildman–Crippen MR) is 108 cm³/mol. The molecule has 0 atom stereocenters. The minimum atomic E-state index is 0.0380. The van der Waals surface area contributed by atoms with Crippen LogP contribution in [0.5, 0.6) is 0 Å². The van der Waals surface area contributed by atoms with E-state index in [1.54, 1.807) is 19.0 Å². The van der Waals surface area contributed by atoms with Crippen LogP contribution in [0.25, 0.3) is 0 Å². The number of amides is 2. The monoisotopic (exact) mass is 358 g/mol. The lowest BCUT2D eigenvalue weighted by Gasteiger charge is -2.40. The van der Waals surface area contributed by atoms with Crippen LogP contribution >= 0.6 is 0 Å². The van der Waals surface area contributed by atoms with E-state index >= 15 is 0 Å². The van der Waals surface area contributed by atoms with Crippen molar-refractivity contribution in [3.63, 3.8) is 0 Å². The lowest BCUT2D eigenvalue weighted by atomic mass is 9.78. The maximum absolute atomic E-state index is 11.7. The summed E-state index contributed by atoms with van der Waals surface area (Å²) in [5.41, 5.74) is 4.20. The molecule has 5 heteroatoms. The first-order valence-corrected chi connectivity index (χ1v) is 9.95. The minimum absolute atomic E-state index is 0.0380. The van der Waals surface area contributed by atoms with E-state index in [4.69, 9.17) is 0 Å². The maximum atomic E-state index is 11.7. The number of aryl methyl sites for hydroxylation is 1. The first-order chi connectivity index (χ1) is 12.4. The highest BCUT2D eigenvalue weighted by Gasteiger charge is 2.31. The molecule has 1 saturated carbocycles. The van der Waals surface area contributed by atoms with Crippen LogP contribution in [0.4, 0.5) is 10.5 Å². The van der Waals surface area contributed by atoms with Crippen molar-refractivity contribution >= 4 is 11.7 Å². The number of rotatable bonds is 5. The van der Waals surface area contributed by atoms with Crippen LogP contribution in [0.1, 0.15) is 30.4 Å². The SMILES string of the molecule is Cc1cccc(N2CCN(CC[C@H]3C[C@@H](NC(=O)N(C)C)C3)CC2)c1C. The molecule has 0 radical (unpaired) electrons. The minimum Gasteiger partial charge on any atom is -0.369 e. The number of anilines is 1. The predicted octanol–water partition coefficient (Wildman–Crippen LogP) is 2.87. The molecule has 1 N–H and O–H groups in total. The van der Waals surface area contributed by atoms with Crippen LogP contribution < -0.4 is 10.2 Å². The quantitative estimate of drug-likeness (QED) is 0.880. The Labute approximate surface area is 158 Å². The van der Waals surface area contributed by atoms with Gasteiger partial charge in [-0.3, -0.25) is 4.90 Å². The highest BCUT2D eigenvalue weighted by Crippen LogP contribution is 2.31. The van der Waals surface area contributed by atoms with Gasteiger partial charge >= 0.3 is 6.03 Å². The van der Waals surface area contributed by atoms with Crippen LogP contribution in [-0.4, -0.2) is 68.7 Å². The number of nitrogens with one attached hydrogen (secondary N) is 1. The second-order valence-electron chi connectivity index (χ2n) is 8.21. The fourth-order valence-corrected chi connectivity index (χ4v) is 4.05. The fraction of sp³-hybridized carbons (Fsp3) is 0.667. The number of nitrogens with zero attached hydrogens (tertiary/aromatic N) is 3. The molecule has 3 rings (SSSR count). The summed E-state index contributed by atoms with van der Waals surface area (Å²) in [6.45, 7) is 10.2. The number of piperazine rings is 1. The molecule has 26 heavy (non-hydrogen) atoms. The van der Waals surface area contributed by atoms with Crippen molar-refractivity contribution in [1.29, 1.82) is 0 Å². The molecule has 5 nitrogen and oxygen atoms in total. The Kier molecular flexibility index (Phi) is 6.07. The van der Waals surface area contributed by atoms with Gasteiger partial charge in [-0.25, -0.2) is 4.79 Å². The summed E-state index contributed by atoms with van der Waals surface area (Å²) in [5.74, 6) is 0.777. The topological polar surface area (TPSA) is 38.8 Å². The Hall–Kier alpha value is -1.75. The van der Waals surface area contributed by atoms with Gasteiger partial charge < -0.3 is 15.1 Å². The van der Waals surface area contributed by atoms with Gasteiger partial charge in [0.2, 0.25) is 0 Å². The Bertz CT molecular complexity index is 616. The van der Waals surface area contributed by atoms with E-state index in [-0.39, 0.29) is 6.03 Å². The van der Waals surface area contributed by atoms with Crippen LogP contribution in [0.15, 0.2) is 18.2 Å². The molecule has 1 heterocycles. The molecule has 0 unspecified atom stereocenters. The van der Waals surface area contributed by atoms with Crippen molar-refractivity contribution in [2.45, 2.75) is 39.2 Å². The molecule has 0 aromatic heterocycles. The molecule has 0 bridgehead atoms. The van der Waals surface area contributed by atoms with E-state index in [0.29, 0.717) is 6.04 Å². The summed E-state index contributed by atoms with van der Waals surface area (Å²) in [6, 6.07) is 7.05. The number of carbonyl (C=O) groups is 1. The van der Waals surface area contributed by atoms with Crippen molar-refractivity contribution in [3.8, 4) is 0 Å². The van der Waals surface area contributed by atoms with Crippen molar-refractivity contribution < 1.29 is 4.79 Å². The maximum Gasteiger partial charge on any atom is 0.317 e. The van der Waals surface area contributed by atoms with Crippen molar-refractivity contribution in [3.05, 3.63) is 29.3 Å². The molecule has 2 aliphatic rings. The zero-order chi connectivity index (χ0) is 18.7. The zero-order valence-corrected chi connectivity index (χ0v) is 16.8. The van der Waals surface area contributed by atoms with Crippen LogP contribution in [0, 0.1) is 19.8 Å². The molecular formula is C21H34N4O. The Morgan fingerprint density at radius 1 is 1.15 bits per heavy atom. The van der Waals surface area contributed by atoms with Gasteiger partial charge in [0.1, 0.15) is 0 Å². The van der Waals surface area contributed by atoms with Crippen molar-refractivity contribution in [1.82, 2.24) is 15.1 Å². The van der Waals surface area contributed by atoms with E-state index in [9.17, 15) is 4.79 Å². The fourth-order valence-electron chi connectivity index (χ4n) is 4.05. The lowest BCUT2D eigenvalue weighted by molar-refractivity contribution is 0.161. The lowest BCUT2D eigenvalue weighted by Crippen LogP contribution is -2.50. The summed E-state index contributed by atoms with van der Waals surface area (Å²) in [6.07, 6.45) is 3.54. The highest BCUT2D eigenvalue weighted by atomic mass is 16.2. The number of hydrogen-bond acceptors (Lipinski definition) is 3. The molecule has 2 fully saturated rings. The van der Waals surface area contributed by atoms with Gasteiger partial charge in [-0.1, -0.05) is 12.1 Å². The van der Waals surface area contributed by atoms with E-state index < -0.39 is 0 Å². The molecule has 1 aliphatic heterocycles. The van der Waals surface area contributed by atoms with Gasteiger partial charge in [0.15, 0.2) is 0 Å². The van der Waals surface area contributed by atoms with Gasteiger partial charge in [0.25, 0.3) is 0 Å². The Morgan fingerprint density at radius 3 is 2.50 bits per heavy atom. The van der Waals surface area contributed by atoms with Gasteiger partial charge in [0.05, 0.1) is 0 Å². The van der Waals surface area contributed by atoms with E-state index in [1.165, 1.54) is 29.8 Å². The van der Waals surface area contributed by atoms with Crippen molar-refractivity contribution in [2.75, 3.05) is 51.7 Å². The van der Waals surface area contributed by atoms with Gasteiger partial charge in [-0.15, -0.1) is 0 Å². The van der Waals surface area contributed by atoms with Gasteiger partial charge in [0, 0.05) is 52.0 Å². The summed E-state index contributed by atoms with van der Waals surface area (Å²) >= 11 is 0. The molecule has 1 aromatic carbocycles. The molecule has 1 aromatic rings. The van der Waals surface area contributed by atoms with Crippen molar-refractivity contribution in [2.24, 2.45) is 5.92 Å². The number of hydrogen-bond donors (Lipinski definition) is 1. The van der Waals surface area contributed by atoms with Crippen LogP contribution in [0.2, 0.25) is 0 Å². The second kappa shape index (κ2) is 8.30. The smallest absolute Gasteiger partial charge is 0.317 e. The number of urea groups is 1. The third kappa shape index (κ3) is 4.50. The average Bonchev–Trinajstić information content (AvgIpc) is 2.59. The zero-order valence-electron chi connectivity index (χ0n) is 16.8. The summed E-state index contributed by atoms with van der Waals surface area (Å²) < 4.78 is 0. The molecule has 2 amide bonds. The van der Waals surface area contributed by atoms with E-state index in [2.05, 4.69) is 47.2 Å². The largest absolute Gasteiger partial charge is 0.369 e. The first-order valence-electron chi connectivity index (χ1n) is 9.95. The molecular weight excluding hydrogens is 324 g/mol. The third-order valence-electron chi connectivity index (χ3n) is 6.11. The Morgan fingerprint density at radius 2 is 1.85 bits per heavy atom. The Balaban J connectivity index is 1.35. The summed E-state index contributed by atoms with van der Waals surface area (Å²) in [5, 5.41) is 3.08. The van der Waals surface area contributed by atoms with Gasteiger partial charge in [-0.2, -0.15) is 0 Å². The highest BCUT2D eigenvalue weighted by molar-refractivity contribution is 5.73. The molecule has 144 valence electrons. The standard InChI is InChI=1S/C21H34N4O/c1-16-6-5-7-20(17(16)2)25-12-10-24(11-13-25)9-8-18-14-19(15-18)22-21(26)23(3)4/h5-7,18-19H,8-15H2,1-4H3,(H,22,26)/t18-,19+. The molecule has 1 saturated heterocycles. The number of benzene rings is 1. The average molecular weight is 359 g/mol.